The molecule has 0 spiro atoms. The number of rotatable bonds is 2. The maximum atomic E-state index is 8.43. The van der Waals surface area contributed by atoms with Crippen molar-refractivity contribution in [3.63, 3.8) is 0 Å². The van der Waals surface area contributed by atoms with Crippen molar-refractivity contribution in [2.24, 2.45) is 0 Å². The van der Waals surface area contributed by atoms with Gasteiger partial charge in [0.15, 0.2) is 0 Å². The van der Waals surface area contributed by atoms with E-state index in [1.807, 2.05) is 17.8 Å². The van der Waals surface area contributed by atoms with Crippen LogP contribution in [-0.4, -0.2) is 22.7 Å². The molecule has 9 heavy (non-hydrogen) atoms. The molecule has 1 atom stereocenters. The molecule has 0 aromatic rings. The van der Waals surface area contributed by atoms with Crippen molar-refractivity contribution >= 4 is 11.8 Å². The second-order valence-electron chi connectivity index (χ2n) is 2.16. The maximum absolute atomic E-state index is 8.43. The predicted molar refractivity (Wildman–Crippen MR) is 41.7 cm³/mol. The SMILES string of the molecule is OC/C=C\C1CCCS1. The van der Waals surface area contributed by atoms with E-state index in [1.54, 1.807) is 0 Å². The van der Waals surface area contributed by atoms with E-state index in [0.29, 0.717) is 5.25 Å². The summed E-state index contributed by atoms with van der Waals surface area (Å²) < 4.78 is 0. The van der Waals surface area contributed by atoms with Gasteiger partial charge in [-0.3, -0.25) is 0 Å². The van der Waals surface area contributed by atoms with Crippen LogP contribution in [-0.2, 0) is 0 Å². The molecule has 0 aliphatic carbocycles. The fourth-order valence-electron chi connectivity index (χ4n) is 0.967. The minimum atomic E-state index is 0.192. The Morgan fingerprint density at radius 3 is 3.11 bits per heavy atom. The lowest BCUT2D eigenvalue weighted by Gasteiger charge is -1.97. The molecule has 0 saturated carbocycles. The van der Waals surface area contributed by atoms with Gasteiger partial charge in [-0.15, -0.1) is 0 Å². The van der Waals surface area contributed by atoms with Crippen molar-refractivity contribution < 1.29 is 5.11 Å². The molecule has 1 rings (SSSR count). The summed E-state index contributed by atoms with van der Waals surface area (Å²) in [5, 5.41) is 9.12. The molecule has 1 nitrogen and oxygen atoms in total. The monoisotopic (exact) mass is 144 g/mol. The van der Waals surface area contributed by atoms with E-state index in [0.717, 1.165) is 0 Å². The minimum Gasteiger partial charge on any atom is -0.392 e. The molecule has 2 heteroatoms. The molecule has 1 heterocycles. The number of hydrogen-bond donors (Lipinski definition) is 1. The average molecular weight is 144 g/mol. The Balaban J connectivity index is 2.18. The highest BCUT2D eigenvalue weighted by atomic mass is 32.2. The van der Waals surface area contributed by atoms with Crippen LogP contribution in [0.1, 0.15) is 12.8 Å². The molecule has 1 saturated heterocycles. The normalized spacial score (nSPS) is 27.9. The third kappa shape index (κ3) is 2.41. The lowest BCUT2D eigenvalue weighted by atomic mass is 10.2. The summed E-state index contributed by atoms with van der Waals surface area (Å²) in [6.07, 6.45) is 6.58. The second kappa shape index (κ2) is 3.96. The van der Waals surface area contributed by atoms with Gasteiger partial charge in [-0.25, -0.2) is 0 Å². The quantitative estimate of drug-likeness (QED) is 0.592. The molecule has 0 bridgehead atoms. The Kier molecular flexibility index (Phi) is 3.15. The van der Waals surface area contributed by atoms with Gasteiger partial charge < -0.3 is 5.11 Å². The van der Waals surface area contributed by atoms with Crippen molar-refractivity contribution in [1.29, 1.82) is 0 Å². The maximum Gasteiger partial charge on any atom is 0.0612 e. The van der Waals surface area contributed by atoms with E-state index in [1.165, 1.54) is 18.6 Å². The van der Waals surface area contributed by atoms with Crippen LogP contribution in [0.4, 0.5) is 0 Å². The van der Waals surface area contributed by atoms with Crippen molar-refractivity contribution in [2.75, 3.05) is 12.4 Å². The summed E-state index contributed by atoms with van der Waals surface area (Å²) in [5.74, 6) is 1.29. The fourth-order valence-corrected chi connectivity index (χ4v) is 2.16. The smallest absolute Gasteiger partial charge is 0.0612 e. The zero-order valence-corrected chi connectivity index (χ0v) is 6.23. The highest BCUT2D eigenvalue weighted by Crippen LogP contribution is 2.26. The highest BCUT2D eigenvalue weighted by Gasteiger charge is 2.10. The summed E-state index contributed by atoms with van der Waals surface area (Å²) >= 11 is 1.98. The molecular weight excluding hydrogens is 132 g/mol. The first-order valence-corrected chi connectivity index (χ1v) is 4.37. The minimum absolute atomic E-state index is 0.192. The number of aliphatic hydroxyl groups is 1. The number of aliphatic hydroxyl groups excluding tert-OH is 1. The molecule has 52 valence electrons. The number of hydrogen-bond acceptors (Lipinski definition) is 2. The van der Waals surface area contributed by atoms with Crippen LogP contribution >= 0.6 is 11.8 Å². The lowest BCUT2D eigenvalue weighted by Crippen LogP contribution is -1.89. The van der Waals surface area contributed by atoms with Gasteiger partial charge in [0.2, 0.25) is 0 Å². The first kappa shape index (κ1) is 7.16. The van der Waals surface area contributed by atoms with Gasteiger partial charge in [0, 0.05) is 5.25 Å². The van der Waals surface area contributed by atoms with Crippen LogP contribution in [0.3, 0.4) is 0 Å². The summed E-state index contributed by atoms with van der Waals surface area (Å²) in [7, 11) is 0. The van der Waals surface area contributed by atoms with Crippen LogP contribution in [0.5, 0.6) is 0 Å². The largest absolute Gasteiger partial charge is 0.392 e. The van der Waals surface area contributed by atoms with Gasteiger partial charge in [-0.2, -0.15) is 11.8 Å². The van der Waals surface area contributed by atoms with Gasteiger partial charge in [0.05, 0.1) is 6.61 Å². The number of thioether (sulfide) groups is 1. The standard InChI is InChI=1S/C7H12OS/c8-5-1-3-7-4-2-6-9-7/h1,3,7-8H,2,4-6H2/b3-1-. The highest BCUT2D eigenvalue weighted by molar-refractivity contribution is 8.00. The Morgan fingerprint density at radius 2 is 2.56 bits per heavy atom. The molecule has 1 unspecified atom stereocenters. The van der Waals surface area contributed by atoms with Crippen LogP contribution in [0.2, 0.25) is 0 Å². The fraction of sp³-hybridized carbons (Fsp3) is 0.714. The molecule has 1 N–H and O–H groups in total. The molecule has 0 aromatic heterocycles. The third-order valence-corrected chi connectivity index (χ3v) is 2.77. The molecule has 1 aliphatic rings. The Bertz CT molecular complexity index is 95.1. The molecule has 0 amide bonds. The van der Waals surface area contributed by atoms with Gasteiger partial charge in [0.1, 0.15) is 0 Å². The Labute approximate surface area is 60.2 Å². The summed E-state index contributed by atoms with van der Waals surface area (Å²) in [6.45, 7) is 0.192. The Morgan fingerprint density at radius 1 is 1.67 bits per heavy atom. The molecule has 0 aromatic carbocycles. The lowest BCUT2D eigenvalue weighted by molar-refractivity contribution is 0.342. The Hall–Kier alpha value is 0.0500. The topological polar surface area (TPSA) is 20.2 Å². The van der Waals surface area contributed by atoms with Crippen molar-refractivity contribution in [3.8, 4) is 0 Å². The van der Waals surface area contributed by atoms with Crippen LogP contribution in [0.25, 0.3) is 0 Å². The first-order valence-electron chi connectivity index (χ1n) is 3.32. The zero-order valence-electron chi connectivity index (χ0n) is 5.42. The van der Waals surface area contributed by atoms with Crippen LogP contribution in [0, 0.1) is 0 Å². The summed E-state index contributed by atoms with van der Waals surface area (Å²) in [4.78, 5) is 0. The van der Waals surface area contributed by atoms with Gasteiger partial charge in [-0.1, -0.05) is 12.2 Å². The average Bonchev–Trinajstić information content (AvgIpc) is 2.34. The molecule has 1 aliphatic heterocycles. The van der Waals surface area contributed by atoms with E-state index in [2.05, 4.69) is 6.08 Å². The van der Waals surface area contributed by atoms with Crippen molar-refractivity contribution in [1.82, 2.24) is 0 Å². The van der Waals surface area contributed by atoms with Gasteiger partial charge in [0.25, 0.3) is 0 Å². The van der Waals surface area contributed by atoms with E-state index < -0.39 is 0 Å². The van der Waals surface area contributed by atoms with E-state index in [9.17, 15) is 0 Å². The third-order valence-electron chi connectivity index (χ3n) is 1.42. The van der Waals surface area contributed by atoms with E-state index >= 15 is 0 Å². The second-order valence-corrected chi connectivity index (χ2v) is 3.51. The van der Waals surface area contributed by atoms with Crippen LogP contribution in [0.15, 0.2) is 12.2 Å². The van der Waals surface area contributed by atoms with E-state index in [4.69, 9.17) is 5.11 Å². The molecular formula is C7H12OS. The molecule has 0 radical (unpaired) electrons. The molecule has 1 fully saturated rings. The van der Waals surface area contributed by atoms with E-state index in [-0.39, 0.29) is 6.61 Å². The van der Waals surface area contributed by atoms with Gasteiger partial charge >= 0.3 is 0 Å². The van der Waals surface area contributed by atoms with Crippen molar-refractivity contribution in [3.05, 3.63) is 12.2 Å². The van der Waals surface area contributed by atoms with Crippen molar-refractivity contribution in [2.45, 2.75) is 18.1 Å². The van der Waals surface area contributed by atoms with Crippen LogP contribution < -0.4 is 0 Å². The first-order chi connectivity index (χ1) is 4.43. The summed E-state index contributed by atoms with van der Waals surface area (Å²) in [6, 6.07) is 0. The van der Waals surface area contributed by atoms with Gasteiger partial charge in [-0.05, 0) is 18.6 Å². The predicted octanol–water partition coefficient (Wildman–Crippen LogP) is 1.43. The zero-order chi connectivity index (χ0) is 6.53. The summed E-state index contributed by atoms with van der Waals surface area (Å²) in [5.41, 5.74) is 0.